The smallest absolute Gasteiger partial charge is 0.292 e. The van der Waals surface area contributed by atoms with E-state index in [4.69, 9.17) is 4.98 Å². The number of nitro benzene ring substituents is 1. The lowest BCUT2D eigenvalue weighted by atomic mass is 10.1. The van der Waals surface area contributed by atoms with Gasteiger partial charge < -0.3 is 5.32 Å². The highest BCUT2D eigenvalue weighted by atomic mass is 32.2. The van der Waals surface area contributed by atoms with E-state index in [-0.39, 0.29) is 23.0 Å². The topological polar surface area (TPSA) is 85.1 Å². The first-order chi connectivity index (χ1) is 13.0. The molecular weight excluding hydrogens is 362 g/mol. The number of aromatic nitrogens is 1. The van der Waals surface area contributed by atoms with E-state index in [9.17, 15) is 14.9 Å². The molecule has 1 aromatic heterocycles. The molecule has 138 valence electrons. The van der Waals surface area contributed by atoms with E-state index in [1.807, 2.05) is 19.1 Å². The van der Waals surface area contributed by atoms with Crippen LogP contribution in [0.4, 0.5) is 11.4 Å². The molecule has 0 radical (unpaired) electrons. The summed E-state index contributed by atoms with van der Waals surface area (Å²) in [6.45, 7) is 4.07. The molecule has 0 unspecified atom stereocenters. The van der Waals surface area contributed by atoms with E-state index in [1.54, 1.807) is 12.1 Å². The number of benzene rings is 2. The van der Waals surface area contributed by atoms with Gasteiger partial charge in [-0.15, -0.1) is 0 Å². The van der Waals surface area contributed by atoms with Gasteiger partial charge in [0, 0.05) is 11.5 Å². The predicted octanol–water partition coefficient (Wildman–Crippen LogP) is 4.74. The number of hydrogen-bond acceptors (Lipinski definition) is 5. The van der Waals surface area contributed by atoms with Gasteiger partial charge in [-0.1, -0.05) is 43.0 Å². The maximum Gasteiger partial charge on any atom is 0.292 e. The van der Waals surface area contributed by atoms with Crippen LogP contribution in [0.15, 0.2) is 53.6 Å². The molecule has 0 aliphatic rings. The van der Waals surface area contributed by atoms with Crippen molar-refractivity contribution in [1.82, 2.24) is 4.98 Å². The molecule has 0 saturated heterocycles. The molecule has 0 fully saturated rings. The predicted molar refractivity (Wildman–Crippen MR) is 108 cm³/mol. The summed E-state index contributed by atoms with van der Waals surface area (Å²) in [4.78, 5) is 27.6. The fraction of sp³-hybridized carbons (Fsp3) is 0.200. The monoisotopic (exact) mass is 381 g/mol. The molecule has 6 nitrogen and oxygen atoms in total. The van der Waals surface area contributed by atoms with Crippen molar-refractivity contribution in [1.29, 1.82) is 0 Å². The van der Waals surface area contributed by atoms with Crippen LogP contribution in [0.1, 0.15) is 18.1 Å². The summed E-state index contributed by atoms with van der Waals surface area (Å²) in [7, 11) is 0. The van der Waals surface area contributed by atoms with Gasteiger partial charge in [-0.2, -0.15) is 0 Å². The van der Waals surface area contributed by atoms with Crippen molar-refractivity contribution in [3.8, 4) is 0 Å². The Morgan fingerprint density at radius 3 is 2.74 bits per heavy atom. The zero-order chi connectivity index (χ0) is 19.4. The van der Waals surface area contributed by atoms with E-state index in [1.165, 1.54) is 23.9 Å². The summed E-state index contributed by atoms with van der Waals surface area (Å²) in [6, 6.07) is 14.3. The van der Waals surface area contributed by atoms with Crippen LogP contribution in [0.3, 0.4) is 0 Å². The average molecular weight is 381 g/mol. The Hall–Kier alpha value is -2.93. The molecule has 0 aliphatic carbocycles. The molecule has 1 N–H and O–H groups in total. The summed E-state index contributed by atoms with van der Waals surface area (Å²) in [5, 5.41) is 15.6. The second-order valence-corrected chi connectivity index (χ2v) is 7.08. The minimum Gasteiger partial charge on any atom is -0.320 e. The number of nitrogens with one attached hydrogen (secondary N) is 1. The average Bonchev–Trinajstić information content (AvgIpc) is 2.65. The first-order valence-electron chi connectivity index (χ1n) is 8.54. The van der Waals surface area contributed by atoms with Gasteiger partial charge in [0.05, 0.1) is 16.2 Å². The third kappa shape index (κ3) is 4.43. The van der Waals surface area contributed by atoms with Gasteiger partial charge in [-0.05, 0) is 42.7 Å². The molecule has 0 aliphatic heterocycles. The molecule has 1 amide bonds. The lowest BCUT2D eigenvalue weighted by Gasteiger charge is -2.10. The van der Waals surface area contributed by atoms with Crippen molar-refractivity contribution in [2.24, 2.45) is 0 Å². The first-order valence-corrected chi connectivity index (χ1v) is 9.53. The van der Waals surface area contributed by atoms with Gasteiger partial charge in [0.15, 0.2) is 0 Å². The molecule has 7 heteroatoms. The number of nitrogens with zero attached hydrogens (tertiary/aromatic N) is 2. The number of thioether (sulfide) groups is 1. The van der Waals surface area contributed by atoms with Crippen molar-refractivity contribution < 1.29 is 9.72 Å². The van der Waals surface area contributed by atoms with Crippen molar-refractivity contribution >= 4 is 39.9 Å². The maximum absolute atomic E-state index is 12.3. The standard InChI is InChI=1S/C20H19N3O3S/c1-3-14-11-15-9-8-13(2)10-17(15)22-20(14)27-12-19(24)21-16-6-4-5-7-18(16)23(25)26/h4-11H,3,12H2,1-2H3,(H,21,24). The van der Waals surface area contributed by atoms with Crippen LogP contribution in [0.5, 0.6) is 0 Å². The van der Waals surface area contributed by atoms with Crippen LogP contribution in [-0.4, -0.2) is 21.6 Å². The zero-order valence-electron chi connectivity index (χ0n) is 15.1. The van der Waals surface area contributed by atoms with E-state index >= 15 is 0 Å². The van der Waals surface area contributed by atoms with Crippen molar-refractivity contribution in [2.45, 2.75) is 25.3 Å². The SMILES string of the molecule is CCc1cc2ccc(C)cc2nc1SCC(=O)Nc1ccccc1[N+](=O)[O-]. The fourth-order valence-corrected chi connectivity index (χ4v) is 3.63. The number of pyridine rings is 1. The molecule has 0 spiro atoms. The number of amides is 1. The van der Waals surface area contributed by atoms with E-state index in [0.29, 0.717) is 0 Å². The van der Waals surface area contributed by atoms with Gasteiger partial charge in [-0.25, -0.2) is 4.98 Å². The molecule has 3 rings (SSSR count). The Labute approximate surface area is 161 Å². The van der Waals surface area contributed by atoms with Crippen LogP contribution >= 0.6 is 11.8 Å². The van der Waals surface area contributed by atoms with Crippen molar-refractivity contribution in [2.75, 3.05) is 11.1 Å². The number of carbonyl (C=O) groups is 1. The molecule has 0 atom stereocenters. The number of para-hydroxylation sites is 2. The third-order valence-corrected chi connectivity index (χ3v) is 5.14. The number of fused-ring (bicyclic) bond motifs is 1. The number of hydrogen-bond donors (Lipinski definition) is 1. The fourth-order valence-electron chi connectivity index (χ4n) is 2.74. The maximum atomic E-state index is 12.3. The van der Waals surface area contributed by atoms with E-state index in [0.717, 1.165) is 33.5 Å². The number of nitro groups is 1. The lowest BCUT2D eigenvalue weighted by molar-refractivity contribution is -0.383. The Bertz CT molecular complexity index is 1020. The van der Waals surface area contributed by atoms with E-state index in [2.05, 4.69) is 24.4 Å². The largest absolute Gasteiger partial charge is 0.320 e. The first kappa shape index (κ1) is 18.8. The molecule has 0 saturated carbocycles. The number of aryl methyl sites for hydroxylation is 2. The molecule has 1 heterocycles. The molecular formula is C20H19N3O3S. The van der Waals surface area contributed by atoms with E-state index < -0.39 is 4.92 Å². The van der Waals surface area contributed by atoms with Crippen molar-refractivity contribution in [3.05, 3.63) is 69.8 Å². The highest BCUT2D eigenvalue weighted by molar-refractivity contribution is 8.00. The molecule has 0 bridgehead atoms. The highest BCUT2D eigenvalue weighted by Crippen LogP contribution is 2.27. The van der Waals surface area contributed by atoms with Crippen LogP contribution in [0, 0.1) is 17.0 Å². The van der Waals surface area contributed by atoms with Gasteiger partial charge >= 0.3 is 0 Å². The van der Waals surface area contributed by atoms with Crippen LogP contribution < -0.4 is 5.32 Å². The van der Waals surface area contributed by atoms with Crippen LogP contribution in [0.25, 0.3) is 10.9 Å². The summed E-state index contributed by atoms with van der Waals surface area (Å²) < 4.78 is 0. The summed E-state index contributed by atoms with van der Waals surface area (Å²) >= 11 is 1.34. The molecule has 3 aromatic rings. The Balaban J connectivity index is 1.76. The van der Waals surface area contributed by atoms with Gasteiger partial charge in [0.25, 0.3) is 5.69 Å². The summed E-state index contributed by atoms with van der Waals surface area (Å²) in [5.41, 5.74) is 3.18. The molecule has 27 heavy (non-hydrogen) atoms. The Morgan fingerprint density at radius 2 is 2.00 bits per heavy atom. The van der Waals surface area contributed by atoms with Crippen LogP contribution in [-0.2, 0) is 11.2 Å². The van der Waals surface area contributed by atoms with Crippen LogP contribution in [0.2, 0.25) is 0 Å². The third-order valence-electron chi connectivity index (χ3n) is 4.11. The number of anilines is 1. The number of rotatable bonds is 6. The Morgan fingerprint density at radius 1 is 1.22 bits per heavy atom. The molecule has 2 aromatic carbocycles. The summed E-state index contributed by atoms with van der Waals surface area (Å²) in [5.74, 6) is -0.175. The second kappa shape index (κ2) is 8.18. The minimum atomic E-state index is -0.509. The number of carbonyl (C=O) groups excluding carboxylic acids is 1. The quantitative estimate of drug-likeness (QED) is 0.378. The van der Waals surface area contributed by atoms with Gasteiger partial charge in [0.2, 0.25) is 5.91 Å². The normalized spacial score (nSPS) is 10.7. The van der Waals surface area contributed by atoms with Gasteiger partial charge in [0.1, 0.15) is 10.7 Å². The van der Waals surface area contributed by atoms with Gasteiger partial charge in [-0.3, -0.25) is 14.9 Å². The second-order valence-electron chi connectivity index (χ2n) is 6.11. The minimum absolute atomic E-state index is 0.121. The lowest BCUT2D eigenvalue weighted by Crippen LogP contribution is -2.15. The zero-order valence-corrected chi connectivity index (χ0v) is 15.9. The Kier molecular flexibility index (Phi) is 5.71. The summed E-state index contributed by atoms with van der Waals surface area (Å²) in [6.07, 6.45) is 0.810. The van der Waals surface area contributed by atoms with Crippen molar-refractivity contribution in [3.63, 3.8) is 0 Å². The highest BCUT2D eigenvalue weighted by Gasteiger charge is 2.15.